The van der Waals surface area contributed by atoms with Crippen molar-refractivity contribution in [1.29, 1.82) is 0 Å². The molecule has 0 bridgehead atoms. The molecule has 0 radical (unpaired) electrons. The number of hydrogen-bond acceptors (Lipinski definition) is 3. The number of carbonyl (C=O) groups excluding carboxylic acids is 2. The highest BCUT2D eigenvalue weighted by molar-refractivity contribution is 5.89. The monoisotopic (exact) mass is 286 g/mol. The summed E-state index contributed by atoms with van der Waals surface area (Å²) < 4.78 is 4.88. The number of nitrogens with one attached hydrogen (secondary N) is 1. The van der Waals surface area contributed by atoms with Gasteiger partial charge in [0.05, 0.1) is 13.7 Å². The molecule has 1 atom stereocenters. The first-order valence-electron chi connectivity index (χ1n) is 7.11. The minimum Gasteiger partial charge on any atom is -0.467 e. The summed E-state index contributed by atoms with van der Waals surface area (Å²) in [6, 6.07) is 7.46. The number of ether oxygens (including phenoxy) is 1. The molecule has 1 aromatic heterocycles. The maximum atomic E-state index is 12.1. The van der Waals surface area contributed by atoms with Crippen LogP contribution in [0.15, 0.2) is 24.3 Å². The van der Waals surface area contributed by atoms with E-state index in [-0.39, 0.29) is 11.9 Å². The zero-order chi connectivity index (χ0) is 15.0. The minimum absolute atomic E-state index is 0.0327. The predicted octanol–water partition coefficient (Wildman–Crippen LogP) is 2.00. The number of rotatable bonds is 2. The molecule has 2 heterocycles. The third-order valence-electron chi connectivity index (χ3n) is 4.10. The van der Waals surface area contributed by atoms with Crippen LogP contribution in [0.3, 0.4) is 0 Å². The van der Waals surface area contributed by atoms with Crippen LogP contribution in [0.1, 0.15) is 24.6 Å². The van der Waals surface area contributed by atoms with Crippen LogP contribution in [-0.4, -0.2) is 34.9 Å². The summed E-state index contributed by atoms with van der Waals surface area (Å²) in [4.78, 5) is 29.1. The molecule has 2 aromatic rings. The first-order chi connectivity index (χ1) is 10.2. The lowest BCUT2D eigenvalue weighted by molar-refractivity contribution is -0.153. The van der Waals surface area contributed by atoms with E-state index in [1.165, 1.54) is 7.11 Å². The molecule has 3 rings (SSSR count). The number of esters is 1. The fraction of sp³-hybridized carbons (Fsp3) is 0.375. The molecule has 110 valence electrons. The van der Waals surface area contributed by atoms with E-state index in [0.29, 0.717) is 19.4 Å². The van der Waals surface area contributed by atoms with Crippen molar-refractivity contribution in [2.45, 2.75) is 32.4 Å². The van der Waals surface area contributed by atoms with Crippen molar-refractivity contribution in [3.8, 4) is 0 Å². The third kappa shape index (κ3) is 2.18. The number of carbonyl (C=O) groups is 2. The lowest BCUT2D eigenvalue weighted by atomic mass is 9.96. The van der Waals surface area contributed by atoms with Crippen molar-refractivity contribution >= 4 is 22.8 Å². The Kier molecular flexibility index (Phi) is 3.41. The Hall–Kier alpha value is -2.30. The van der Waals surface area contributed by atoms with Gasteiger partial charge in [-0.3, -0.25) is 4.79 Å². The zero-order valence-electron chi connectivity index (χ0n) is 12.2. The molecule has 0 saturated carbocycles. The molecule has 1 aliphatic rings. The summed E-state index contributed by atoms with van der Waals surface area (Å²) >= 11 is 0. The van der Waals surface area contributed by atoms with E-state index in [0.717, 1.165) is 22.2 Å². The molecule has 21 heavy (non-hydrogen) atoms. The van der Waals surface area contributed by atoms with Gasteiger partial charge in [-0.1, -0.05) is 25.1 Å². The Morgan fingerprint density at radius 3 is 2.86 bits per heavy atom. The van der Waals surface area contributed by atoms with Gasteiger partial charge >= 0.3 is 5.97 Å². The molecule has 0 aliphatic carbocycles. The average molecular weight is 286 g/mol. The standard InChI is InChI=1S/C16H18N2O3/c1-3-15(19)18-9-13-11(8-14(18)16(20)21-2)10-6-4-5-7-12(10)17-13/h4-7,14,17H,3,8-9H2,1-2H3/t14-/m1/s1. The lowest BCUT2D eigenvalue weighted by Gasteiger charge is -2.33. The van der Waals surface area contributed by atoms with E-state index in [1.54, 1.807) is 11.8 Å². The van der Waals surface area contributed by atoms with Gasteiger partial charge in [-0.05, 0) is 11.6 Å². The maximum absolute atomic E-state index is 12.1. The Balaban J connectivity index is 2.07. The SMILES string of the molecule is CCC(=O)N1Cc2[nH]c3ccccc3c2C[C@@H]1C(=O)OC. The number of fused-ring (bicyclic) bond motifs is 3. The van der Waals surface area contributed by atoms with Crippen molar-refractivity contribution in [2.75, 3.05) is 7.11 Å². The number of aromatic amines is 1. The second kappa shape index (κ2) is 5.24. The molecule has 1 N–H and O–H groups in total. The van der Waals surface area contributed by atoms with Crippen molar-refractivity contribution in [2.24, 2.45) is 0 Å². The van der Waals surface area contributed by atoms with Crippen molar-refractivity contribution in [1.82, 2.24) is 9.88 Å². The van der Waals surface area contributed by atoms with Crippen LogP contribution < -0.4 is 0 Å². The molecule has 0 saturated heterocycles. The van der Waals surface area contributed by atoms with Crippen LogP contribution >= 0.6 is 0 Å². The fourth-order valence-corrected chi connectivity index (χ4v) is 3.02. The summed E-state index contributed by atoms with van der Waals surface area (Å²) in [5.41, 5.74) is 3.16. The topological polar surface area (TPSA) is 62.4 Å². The van der Waals surface area contributed by atoms with Crippen LogP contribution in [0.4, 0.5) is 0 Å². The number of nitrogens with zero attached hydrogens (tertiary/aromatic N) is 1. The lowest BCUT2D eigenvalue weighted by Crippen LogP contribution is -2.48. The summed E-state index contributed by atoms with van der Waals surface area (Å²) in [5, 5.41) is 1.12. The Morgan fingerprint density at radius 1 is 1.38 bits per heavy atom. The van der Waals surface area contributed by atoms with E-state index in [1.807, 2.05) is 24.3 Å². The molecule has 1 amide bonds. The molecule has 5 heteroatoms. The predicted molar refractivity (Wildman–Crippen MR) is 78.6 cm³/mol. The second-order valence-corrected chi connectivity index (χ2v) is 5.25. The number of aromatic nitrogens is 1. The molecule has 0 fully saturated rings. The van der Waals surface area contributed by atoms with Gasteiger partial charge in [0.25, 0.3) is 0 Å². The van der Waals surface area contributed by atoms with Gasteiger partial charge in [0.15, 0.2) is 0 Å². The van der Waals surface area contributed by atoms with Crippen LogP contribution in [0, 0.1) is 0 Å². The highest BCUT2D eigenvalue weighted by Crippen LogP contribution is 2.30. The zero-order valence-corrected chi connectivity index (χ0v) is 12.2. The Labute approximate surface area is 122 Å². The van der Waals surface area contributed by atoms with Gasteiger partial charge in [-0.2, -0.15) is 0 Å². The summed E-state index contributed by atoms with van der Waals surface area (Å²) in [6.45, 7) is 2.23. The number of H-pyrrole nitrogens is 1. The van der Waals surface area contributed by atoms with Gasteiger partial charge in [-0.25, -0.2) is 4.79 Å². The summed E-state index contributed by atoms with van der Waals surface area (Å²) in [7, 11) is 1.36. The summed E-state index contributed by atoms with van der Waals surface area (Å²) in [6.07, 6.45) is 0.876. The van der Waals surface area contributed by atoms with Crippen LogP contribution in [0.25, 0.3) is 10.9 Å². The molecule has 1 aromatic carbocycles. The number of methoxy groups -OCH3 is 1. The Bertz CT molecular complexity index is 705. The average Bonchev–Trinajstić information content (AvgIpc) is 2.89. The normalized spacial score (nSPS) is 17.6. The smallest absolute Gasteiger partial charge is 0.328 e. The van der Waals surface area contributed by atoms with Gasteiger partial charge in [0, 0.05) is 29.4 Å². The van der Waals surface area contributed by atoms with Crippen molar-refractivity contribution < 1.29 is 14.3 Å². The van der Waals surface area contributed by atoms with E-state index in [9.17, 15) is 9.59 Å². The van der Waals surface area contributed by atoms with E-state index in [4.69, 9.17) is 4.74 Å². The molecule has 5 nitrogen and oxygen atoms in total. The van der Waals surface area contributed by atoms with Gasteiger partial charge in [0.2, 0.25) is 5.91 Å². The van der Waals surface area contributed by atoms with E-state index >= 15 is 0 Å². The number of para-hydroxylation sites is 1. The molecular formula is C16H18N2O3. The highest BCUT2D eigenvalue weighted by Gasteiger charge is 2.36. The van der Waals surface area contributed by atoms with Gasteiger partial charge < -0.3 is 14.6 Å². The third-order valence-corrected chi connectivity index (χ3v) is 4.10. The van der Waals surface area contributed by atoms with E-state index < -0.39 is 6.04 Å². The molecular weight excluding hydrogens is 268 g/mol. The first kappa shape index (κ1) is 13.7. The summed E-state index contributed by atoms with van der Waals surface area (Å²) in [5.74, 6) is -0.387. The van der Waals surface area contributed by atoms with Gasteiger partial charge in [-0.15, -0.1) is 0 Å². The fourth-order valence-electron chi connectivity index (χ4n) is 3.02. The number of amides is 1. The largest absolute Gasteiger partial charge is 0.467 e. The van der Waals surface area contributed by atoms with Gasteiger partial charge in [0.1, 0.15) is 6.04 Å². The quantitative estimate of drug-likeness (QED) is 0.859. The minimum atomic E-state index is -0.533. The molecule has 0 unspecified atom stereocenters. The number of benzene rings is 1. The van der Waals surface area contributed by atoms with Crippen LogP contribution in [0.5, 0.6) is 0 Å². The van der Waals surface area contributed by atoms with Crippen LogP contribution in [-0.2, 0) is 27.3 Å². The van der Waals surface area contributed by atoms with Crippen molar-refractivity contribution in [3.63, 3.8) is 0 Å². The van der Waals surface area contributed by atoms with Crippen molar-refractivity contribution in [3.05, 3.63) is 35.5 Å². The highest BCUT2D eigenvalue weighted by atomic mass is 16.5. The second-order valence-electron chi connectivity index (χ2n) is 5.25. The Morgan fingerprint density at radius 2 is 2.14 bits per heavy atom. The maximum Gasteiger partial charge on any atom is 0.328 e. The first-order valence-corrected chi connectivity index (χ1v) is 7.11. The molecule has 0 spiro atoms. The number of hydrogen-bond donors (Lipinski definition) is 1. The molecule has 1 aliphatic heterocycles. The van der Waals surface area contributed by atoms with E-state index in [2.05, 4.69) is 4.98 Å². The van der Waals surface area contributed by atoms with Crippen LogP contribution in [0.2, 0.25) is 0 Å².